The Morgan fingerprint density at radius 3 is 2.50 bits per heavy atom. The van der Waals surface area contributed by atoms with Crippen LogP contribution in [0.4, 0.5) is 5.69 Å². The Morgan fingerprint density at radius 2 is 1.94 bits per heavy atom. The van der Waals surface area contributed by atoms with E-state index >= 15 is 0 Å². The van der Waals surface area contributed by atoms with Crippen LogP contribution in [0.3, 0.4) is 0 Å². The summed E-state index contributed by atoms with van der Waals surface area (Å²) < 4.78 is 5.40. The first-order valence-electron chi connectivity index (χ1n) is 6.35. The van der Waals surface area contributed by atoms with Gasteiger partial charge in [-0.2, -0.15) is 0 Å². The fourth-order valence-electron chi connectivity index (χ4n) is 2.12. The minimum Gasteiger partial charge on any atom is -0.496 e. The third-order valence-electron chi connectivity index (χ3n) is 3.25. The second-order valence-corrected chi connectivity index (χ2v) is 4.76. The Labute approximate surface area is 110 Å². The summed E-state index contributed by atoms with van der Waals surface area (Å²) in [6, 6.07) is 2.11. The Balaban J connectivity index is 2.75. The average Bonchev–Trinajstić information content (AvgIpc) is 2.31. The van der Waals surface area contributed by atoms with Crippen LogP contribution >= 0.6 is 0 Å². The van der Waals surface area contributed by atoms with Gasteiger partial charge in [-0.25, -0.2) is 0 Å². The quantitative estimate of drug-likeness (QED) is 0.785. The average molecular weight is 249 g/mol. The fraction of sp³-hybridized carbons (Fsp3) is 0.533. The molecule has 1 aromatic carbocycles. The summed E-state index contributed by atoms with van der Waals surface area (Å²) in [5.74, 6) is 1.21. The van der Waals surface area contributed by atoms with Crippen LogP contribution in [0.2, 0.25) is 0 Å². The lowest BCUT2D eigenvalue weighted by Crippen LogP contribution is -2.06. The maximum atomic E-state index is 10.9. The van der Waals surface area contributed by atoms with Crippen molar-refractivity contribution in [3.05, 3.63) is 22.8 Å². The summed E-state index contributed by atoms with van der Waals surface area (Å²) in [7, 11) is 1.70. The molecule has 0 bridgehead atoms. The zero-order valence-electron chi connectivity index (χ0n) is 12.0. The maximum absolute atomic E-state index is 10.9. The van der Waals surface area contributed by atoms with Gasteiger partial charge >= 0.3 is 0 Å². The smallest absolute Gasteiger partial charge is 0.129 e. The number of hydrogen-bond acceptors (Lipinski definition) is 3. The number of benzene rings is 1. The van der Waals surface area contributed by atoms with E-state index in [1.54, 1.807) is 14.0 Å². The fourth-order valence-corrected chi connectivity index (χ4v) is 2.12. The van der Waals surface area contributed by atoms with Crippen molar-refractivity contribution < 1.29 is 9.53 Å². The lowest BCUT2D eigenvalue weighted by Gasteiger charge is -2.16. The molecule has 0 spiro atoms. The number of anilines is 1. The second-order valence-electron chi connectivity index (χ2n) is 4.76. The second kappa shape index (κ2) is 6.43. The molecule has 0 aliphatic heterocycles. The molecule has 3 nitrogen and oxygen atoms in total. The van der Waals surface area contributed by atoms with E-state index < -0.39 is 0 Å². The number of aryl methyl sites for hydroxylation is 1. The van der Waals surface area contributed by atoms with Gasteiger partial charge in [0.25, 0.3) is 0 Å². The number of carbonyl (C=O) groups is 1. The highest BCUT2D eigenvalue weighted by Crippen LogP contribution is 2.31. The number of ketones is 1. The van der Waals surface area contributed by atoms with Crippen LogP contribution in [-0.4, -0.2) is 19.4 Å². The third kappa shape index (κ3) is 3.49. The van der Waals surface area contributed by atoms with Crippen molar-refractivity contribution in [2.24, 2.45) is 0 Å². The molecule has 0 saturated carbocycles. The highest BCUT2D eigenvalue weighted by Gasteiger charge is 2.10. The van der Waals surface area contributed by atoms with Crippen molar-refractivity contribution in [2.45, 2.75) is 40.5 Å². The van der Waals surface area contributed by atoms with Gasteiger partial charge < -0.3 is 14.8 Å². The van der Waals surface area contributed by atoms with Gasteiger partial charge in [0.05, 0.1) is 7.11 Å². The van der Waals surface area contributed by atoms with Crippen LogP contribution < -0.4 is 10.1 Å². The molecule has 1 rings (SSSR count). The number of Topliss-reactive ketones (excluding diaryl/α,β-unsaturated/α-hetero) is 1. The topological polar surface area (TPSA) is 38.3 Å². The number of rotatable bonds is 6. The number of nitrogens with one attached hydrogen (secondary N) is 1. The van der Waals surface area contributed by atoms with Crippen molar-refractivity contribution in [2.75, 3.05) is 19.0 Å². The monoisotopic (exact) mass is 249 g/mol. The molecule has 0 radical (unpaired) electrons. The van der Waals surface area contributed by atoms with E-state index in [-0.39, 0.29) is 5.78 Å². The van der Waals surface area contributed by atoms with E-state index in [0.29, 0.717) is 6.42 Å². The van der Waals surface area contributed by atoms with E-state index in [1.807, 2.05) is 6.92 Å². The SMILES string of the molecule is COc1c(C)cc(NCCCC(C)=O)c(C)c1C. The van der Waals surface area contributed by atoms with Crippen LogP contribution in [0.25, 0.3) is 0 Å². The van der Waals surface area contributed by atoms with Gasteiger partial charge in [0, 0.05) is 18.7 Å². The van der Waals surface area contributed by atoms with Gasteiger partial charge in [-0.15, -0.1) is 0 Å². The van der Waals surface area contributed by atoms with Crippen molar-refractivity contribution in [1.82, 2.24) is 0 Å². The molecule has 3 heteroatoms. The summed E-state index contributed by atoms with van der Waals surface area (Å²) in [4.78, 5) is 10.9. The molecule has 0 fully saturated rings. The Bertz CT molecular complexity index is 439. The summed E-state index contributed by atoms with van der Waals surface area (Å²) >= 11 is 0. The first-order chi connectivity index (χ1) is 8.47. The predicted octanol–water partition coefficient (Wildman–Crippen LogP) is 3.40. The predicted molar refractivity (Wildman–Crippen MR) is 75.6 cm³/mol. The van der Waals surface area contributed by atoms with E-state index in [4.69, 9.17) is 4.74 Å². The minimum absolute atomic E-state index is 0.246. The highest BCUT2D eigenvalue weighted by molar-refractivity contribution is 5.75. The Morgan fingerprint density at radius 1 is 1.28 bits per heavy atom. The van der Waals surface area contributed by atoms with E-state index in [2.05, 4.69) is 25.2 Å². The summed E-state index contributed by atoms with van der Waals surface area (Å²) in [5, 5.41) is 3.39. The molecule has 0 aliphatic rings. The van der Waals surface area contributed by atoms with Gasteiger partial charge in [0.2, 0.25) is 0 Å². The largest absolute Gasteiger partial charge is 0.496 e. The van der Waals surface area contributed by atoms with Crippen LogP contribution in [0.5, 0.6) is 5.75 Å². The molecule has 0 aromatic heterocycles. The Kier molecular flexibility index (Phi) is 5.20. The zero-order chi connectivity index (χ0) is 13.7. The number of carbonyl (C=O) groups excluding carboxylic acids is 1. The normalized spacial score (nSPS) is 10.3. The standard InChI is InChI=1S/C15H23NO2/c1-10-9-14(16-8-6-7-11(2)17)12(3)13(4)15(10)18-5/h9,16H,6-8H2,1-5H3. The highest BCUT2D eigenvalue weighted by atomic mass is 16.5. The molecule has 0 heterocycles. The zero-order valence-corrected chi connectivity index (χ0v) is 12.0. The van der Waals surface area contributed by atoms with Crippen molar-refractivity contribution in [3.63, 3.8) is 0 Å². The first kappa shape index (κ1) is 14.6. The molecule has 0 saturated heterocycles. The molecule has 0 amide bonds. The van der Waals surface area contributed by atoms with Crippen LogP contribution in [0.15, 0.2) is 6.07 Å². The molecule has 0 aliphatic carbocycles. The molecule has 100 valence electrons. The maximum Gasteiger partial charge on any atom is 0.129 e. The van der Waals surface area contributed by atoms with Gasteiger partial charge in [-0.3, -0.25) is 0 Å². The number of hydrogen-bond donors (Lipinski definition) is 1. The van der Waals surface area contributed by atoms with E-state index in [0.717, 1.165) is 30.0 Å². The van der Waals surface area contributed by atoms with Crippen molar-refractivity contribution in [3.8, 4) is 5.75 Å². The van der Waals surface area contributed by atoms with Crippen molar-refractivity contribution in [1.29, 1.82) is 0 Å². The molecule has 18 heavy (non-hydrogen) atoms. The summed E-state index contributed by atoms with van der Waals surface area (Å²) in [6.07, 6.45) is 1.51. The molecular formula is C15H23NO2. The van der Waals surface area contributed by atoms with Crippen molar-refractivity contribution >= 4 is 11.5 Å². The van der Waals surface area contributed by atoms with E-state index in [9.17, 15) is 4.79 Å². The summed E-state index contributed by atoms with van der Waals surface area (Å²) in [5.41, 5.74) is 4.65. The van der Waals surface area contributed by atoms with Gasteiger partial charge in [0.15, 0.2) is 0 Å². The minimum atomic E-state index is 0.246. The molecule has 1 aromatic rings. The van der Waals surface area contributed by atoms with Gasteiger partial charge in [-0.1, -0.05) is 0 Å². The Hall–Kier alpha value is -1.51. The number of ether oxygens (including phenoxy) is 1. The van der Waals surface area contributed by atoms with Gasteiger partial charge in [0.1, 0.15) is 11.5 Å². The lowest BCUT2D eigenvalue weighted by atomic mass is 10.0. The van der Waals surface area contributed by atoms with E-state index in [1.165, 1.54) is 11.1 Å². The lowest BCUT2D eigenvalue weighted by molar-refractivity contribution is -0.117. The third-order valence-corrected chi connectivity index (χ3v) is 3.25. The first-order valence-corrected chi connectivity index (χ1v) is 6.35. The van der Waals surface area contributed by atoms with Gasteiger partial charge in [-0.05, 0) is 56.9 Å². The molecular weight excluding hydrogens is 226 g/mol. The van der Waals surface area contributed by atoms with Crippen LogP contribution in [-0.2, 0) is 4.79 Å². The molecule has 0 unspecified atom stereocenters. The summed E-state index contributed by atoms with van der Waals surface area (Å²) in [6.45, 7) is 8.66. The molecule has 1 N–H and O–H groups in total. The number of methoxy groups -OCH3 is 1. The molecule has 0 atom stereocenters. The van der Waals surface area contributed by atoms with Crippen LogP contribution in [0.1, 0.15) is 36.5 Å². The van der Waals surface area contributed by atoms with Crippen LogP contribution in [0, 0.1) is 20.8 Å².